The molecule has 0 aliphatic carbocycles. The molecule has 3 rings (SSSR count). The van der Waals surface area contributed by atoms with Gasteiger partial charge < -0.3 is 14.6 Å². The Morgan fingerprint density at radius 3 is 2.42 bits per heavy atom. The van der Waals surface area contributed by atoms with Gasteiger partial charge in [0.05, 0.1) is 23.7 Å². The third-order valence-corrected chi connectivity index (χ3v) is 4.92. The minimum Gasteiger partial charge on any atom is -0.406 e. The van der Waals surface area contributed by atoms with E-state index in [1.54, 1.807) is 41.3 Å². The second-order valence-corrected chi connectivity index (χ2v) is 6.97. The first-order valence-corrected chi connectivity index (χ1v) is 9.45. The molecule has 0 radical (unpaired) electrons. The largest absolute Gasteiger partial charge is 0.573 e. The summed E-state index contributed by atoms with van der Waals surface area (Å²) in [5.74, 6) is -0.550. The van der Waals surface area contributed by atoms with Gasteiger partial charge in [0, 0.05) is 23.8 Å². The Balaban J connectivity index is 0.00000341. The van der Waals surface area contributed by atoms with Gasteiger partial charge in [0.1, 0.15) is 5.75 Å². The average molecular weight is 469 g/mol. The molecular formula is C20H16ClF3N4O2S. The van der Waals surface area contributed by atoms with E-state index in [9.17, 15) is 18.0 Å². The topological polar surface area (TPSA) is 79.4 Å². The maximum atomic E-state index is 12.3. The Morgan fingerprint density at radius 1 is 1.19 bits per heavy atom. The molecular weight excluding hydrogens is 453 g/mol. The van der Waals surface area contributed by atoms with Gasteiger partial charge in [0.25, 0.3) is 0 Å². The van der Waals surface area contributed by atoms with E-state index in [1.807, 2.05) is 6.07 Å². The minimum absolute atomic E-state index is 0. The first-order valence-electron chi connectivity index (χ1n) is 8.57. The number of benzene rings is 2. The van der Waals surface area contributed by atoms with Crippen LogP contribution in [0.15, 0.2) is 58.9 Å². The number of ether oxygens (including phenoxy) is 1. The summed E-state index contributed by atoms with van der Waals surface area (Å²) < 4.78 is 42.3. The molecule has 0 bridgehead atoms. The van der Waals surface area contributed by atoms with Crippen LogP contribution >= 0.6 is 23.7 Å². The Bertz CT molecular complexity index is 1150. The lowest BCUT2D eigenvalue weighted by molar-refractivity contribution is -0.274. The summed E-state index contributed by atoms with van der Waals surface area (Å²) in [6, 6.07) is 13.7. The van der Waals surface area contributed by atoms with Crippen LogP contribution in [0.3, 0.4) is 0 Å². The monoisotopic (exact) mass is 468 g/mol. The van der Waals surface area contributed by atoms with Gasteiger partial charge in [-0.25, -0.2) is 4.99 Å². The van der Waals surface area contributed by atoms with Crippen LogP contribution in [-0.2, 0) is 18.3 Å². The summed E-state index contributed by atoms with van der Waals surface area (Å²) in [6.07, 6.45) is -4.63. The van der Waals surface area contributed by atoms with Crippen LogP contribution < -0.4 is 14.9 Å². The number of hydrogen-bond acceptors (Lipinski definition) is 5. The number of halogens is 4. The number of thiazole rings is 1. The van der Waals surface area contributed by atoms with Crippen molar-refractivity contribution in [1.82, 2.24) is 4.57 Å². The SMILES string of the molecule is Cl.Cn1c(CC(=O)Nc2ccc(C#N)cc2)cs/c1=N\c1ccc(OC(F)(F)F)cc1. The summed E-state index contributed by atoms with van der Waals surface area (Å²) in [7, 11) is 1.75. The van der Waals surface area contributed by atoms with E-state index in [2.05, 4.69) is 15.0 Å². The van der Waals surface area contributed by atoms with Crippen molar-refractivity contribution in [1.29, 1.82) is 5.26 Å². The summed E-state index contributed by atoms with van der Waals surface area (Å²) in [4.78, 5) is 17.3. The van der Waals surface area contributed by atoms with Gasteiger partial charge >= 0.3 is 6.36 Å². The van der Waals surface area contributed by atoms with Crippen LogP contribution in [0.4, 0.5) is 24.5 Å². The fourth-order valence-corrected chi connectivity index (χ4v) is 3.41. The molecule has 1 aromatic heterocycles. The van der Waals surface area contributed by atoms with Crippen LogP contribution in [0.5, 0.6) is 5.75 Å². The standard InChI is InChI=1S/C20H15F3N4O2S.ClH/c1-27-16(10-18(28)25-14-4-2-13(11-24)3-5-14)12-30-19(27)26-15-6-8-17(9-7-15)29-20(21,22)23;/h2-9,12H,10H2,1H3,(H,25,28);1H/b26-19-;. The highest BCUT2D eigenvalue weighted by atomic mass is 35.5. The molecule has 0 aliphatic heterocycles. The van der Waals surface area contributed by atoms with Crippen molar-refractivity contribution in [3.8, 4) is 11.8 Å². The molecule has 3 aromatic rings. The fraction of sp³-hybridized carbons (Fsp3) is 0.150. The van der Waals surface area contributed by atoms with Gasteiger partial charge in [-0.3, -0.25) is 4.79 Å². The molecule has 11 heteroatoms. The summed E-state index contributed by atoms with van der Waals surface area (Å²) in [5, 5.41) is 13.4. The molecule has 0 aliphatic rings. The molecule has 162 valence electrons. The number of nitrogens with zero attached hydrogens (tertiary/aromatic N) is 3. The lowest BCUT2D eigenvalue weighted by atomic mass is 10.2. The van der Waals surface area contributed by atoms with Crippen molar-refractivity contribution in [2.75, 3.05) is 5.32 Å². The normalized spacial score (nSPS) is 11.4. The Labute approximate surface area is 185 Å². The first-order chi connectivity index (χ1) is 14.2. The second kappa shape index (κ2) is 10.1. The Kier molecular flexibility index (Phi) is 7.85. The molecule has 0 fully saturated rings. The molecule has 31 heavy (non-hydrogen) atoms. The molecule has 1 N–H and O–H groups in total. The summed E-state index contributed by atoms with van der Waals surface area (Å²) >= 11 is 1.31. The van der Waals surface area contributed by atoms with Crippen molar-refractivity contribution >= 4 is 41.0 Å². The molecule has 0 unspecified atom stereocenters. The highest BCUT2D eigenvalue weighted by Gasteiger charge is 2.30. The number of nitriles is 1. The molecule has 0 saturated heterocycles. The number of carbonyl (C=O) groups excluding carboxylic acids is 1. The number of rotatable bonds is 5. The van der Waals surface area contributed by atoms with E-state index in [4.69, 9.17) is 5.26 Å². The van der Waals surface area contributed by atoms with Gasteiger partial charge in [-0.2, -0.15) is 5.26 Å². The predicted molar refractivity (Wildman–Crippen MR) is 112 cm³/mol. The van der Waals surface area contributed by atoms with E-state index < -0.39 is 6.36 Å². The van der Waals surface area contributed by atoms with Crippen molar-refractivity contribution in [3.63, 3.8) is 0 Å². The summed E-state index contributed by atoms with van der Waals surface area (Å²) in [5.41, 5.74) is 2.27. The molecule has 2 aromatic carbocycles. The second-order valence-electron chi connectivity index (χ2n) is 6.14. The number of amides is 1. The quantitative estimate of drug-likeness (QED) is 0.590. The van der Waals surface area contributed by atoms with Crippen LogP contribution in [0.25, 0.3) is 0 Å². The molecule has 1 amide bonds. The Hall–Kier alpha value is -3.29. The van der Waals surface area contributed by atoms with Crippen LogP contribution in [0.1, 0.15) is 11.3 Å². The smallest absolute Gasteiger partial charge is 0.406 e. The number of anilines is 1. The van der Waals surface area contributed by atoms with E-state index in [-0.39, 0.29) is 30.5 Å². The van der Waals surface area contributed by atoms with Crippen molar-refractivity contribution in [2.45, 2.75) is 12.8 Å². The van der Waals surface area contributed by atoms with E-state index in [1.165, 1.54) is 35.6 Å². The third-order valence-electron chi connectivity index (χ3n) is 3.95. The molecule has 0 atom stereocenters. The van der Waals surface area contributed by atoms with E-state index in [0.717, 1.165) is 5.69 Å². The molecule has 1 heterocycles. The fourth-order valence-electron chi connectivity index (χ4n) is 2.49. The van der Waals surface area contributed by atoms with Gasteiger partial charge in [0.2, 0.25) is 5.91 Å². The van der Waals surface area contributed by atoms with Crippen molar-refractivity contribution in [3.05, 3.63) is 70.0 Å². The van der Waals surface area contributed by atoms with Crippen LogP contribution in [-0.4, -0.2) is 16.8 Å². The number of aromatic nitrogens is 1. The zero-order chi connectivity index (χ0) is 21.7. The average Bonchev–Trinajstić information content (AvgIpc) is 3.02. The van der Waals surface area contributed by atoms with Crippen molar-refractivity contribution in [2.24, 2.45) is 12.0 Å². The van der Waals surface area contributed by atoms with Crippen LogP contribution in [0, 0.1) is 11.3 Å². The zero-order valence-electron chi connectivity index (χ0n) is 16.0. The first kappa shape index (κ1) is 24.0. The van der Waals surface area contributed by atoms with Gasteiger partial charge in [-0.05, 0) is 48.5 Å². The number of nitrogens with one attached hydrogen (secondary N) is 1. The maximum absolute atomic E-state index is 12.3. The van der Waals surface area contributed by atoms with Gasteiger partial charge in [-0.1, -0.05) is 0 Å². The molecule has 6 nitrogen and oxygen atoms in total. The zero-order valence-corrected chi connectivity index (χ0v) is 17.6. The highest BCUT2D eigenvalue weighted by Crippen LogP contribution is 2.24. The summed E-state index contributed by atoms with van der Waals surface area (Å²) in [6.45, 7) is 0. The predicted octanol–water partition coefficient (Wildman–Crippen LogP) is 4.69. The maximum Gasteiger partial charge on any atom is 0.573 e. The lowest BCUT2D eigenvalue weighted by Crippen LogP contribution is -2.19. The Morgan fingerprint density at radius 2 is 1.84 bits per heavy atom. The van der Waals surface area contributed by atoms with E-state index >= 15 is 0 Å². The number of alkyl halides is 3. The van der Waals surface area contributed by atoms with Gasteiger partial charge in [0.15, 0.2) is 4.80 Å². The molecule has 0 saturated carbocycles. The highest BCUT2D eigenvalue weighted by molar-refractivity contribution is 7.07. The third kappa shape index (κ3) is 6.87. The lowest BCUT2D eigenvalue weighted by Gasteiger charge is -2.08. The van der Waals surface area contributed by atoms with Crippen molar-refractivity contribution < 1.29 is 22.7 Å². The minimum atomic E-state index is -4.74. The van der Waals surface area contributed by atoms with E-state index in [0.29, 0.717) is 21.7 Å². The number of hydrogen-bond donors (Lipinski definition) is 1. The number of carbonyl (C=O) groups is 1. The van der Waals surface area contributed by atoms with Gasteiger partial charge in [-0.15, -0.1) is 36.9 Å². The van der Waals surface area contributed by atoms with Crippen LogP contribution in [0.2, 0.25) is 0 Å². The molecule has 0 spiro atoms.